The SMILES string of the molecule is CCCCCC(=S)[Se]CC(C)C. The van der Waals surface area contributed by atoms with Crippen molar-refractivity contribution in [2.45, 2.75) is 51.8 Å². The quantitative estimate of drug-likeness (QED) is 0.378. The molecule has 0 rings (SSSR count). The Kier molecular flexibility index (Phi) is 8.64. The normalized spacial score (nSPS) is 10.7. The van der Waals surface area contributed by atoms with Gasteiger partial charge in [-0.3, -0.25) is 0 Å². The number of unbranched alkanes of at least 4 members (excludes halogenated alkanes) is 2. The number of hydrogen-bond donors (Lipinski definition) is 0. The average molecular weight is 251 g/mol. The van der Waals surface area contributed by atoms with E-state index in [0.29, 0.717) is 15.0 Å². The molecule has 0 saturated heterocycles. The molecule has 0 unspecified atom stereocenters. The van der Waals surface area contributed by atoms with Crippen LogP contribution in [0.15, 0.2) is 0 Å². The molecule has 72 valence electrons. The Morgan fingerprint density at radius 2 is 2.00 bits per heavy atom. The van der Waals surface area contributed by atoms with Crippen LogP contribution in [0.1, 0.15) is 46.5 Å². The Hall–Kier alpha value is 0.609. The van der Waals surface area contributed by atoms with E-state index in [4.69, 9.17) is 12.2 Å². The van der Waals surface area contributed by atoms with E-state index in [-0.39, 0.29) is 0 Å². The predicted octanol–water partition coefficient (Wildman–Crippen LogP) is 3.67. The van der Waals surface area contributed by atoms with Gasteiger partial charge in [-0.05, 0) is 0 Å². The Balaban J connectivity index is 3.22. The summed E-state index contributed by atoms with van der Waals surface area (Å²) < 4.78 is 1.35. The molecule has 0 fully saturated rings. The van der Waals surface area contributed by atoms with Gasteiger partial charge in [-0.15, -0.1) is 0 Å². The van der Waals surface area contributed by atoms with Gasteiger partial charge in [-0.2, -0.15) is 0 Å². The van der Waals surface area contributed by atoms with E-state index in [1.807, 2.05) is 0 Å². The third-order valence-electron chi connectivity index (χ3n) is 1.56. The van der Waals surface area contributed by atoms with Crippen LogP contribution in [-0.2, 0) is 0 Å². The molecule has 0 radical (unpaired) electrons. The second-order valence-corrected chi connectivity index (χ2v) is 6.95. The van der Waals surface area contributed by atoms with Gasteiger partial charge in [-0.25, -0.2) is 0 Å². The van der Waals surface area contributed by atoms with Gasteiger partial charge in [0, 0.05) is 0 Å². The molecule has 0 aliphatic carbocycles. The van der Waals surface area contributed by atoms with Gasteiger partial charge >= 0.3 is 88.6 Å². The zero-order chi connectivity index (χ0) is 9.40. The molecule has 0 aromatic heterocycles. The molecule has 0 bridgehead atoms. The van der Waals surface area contributed by atoms with Gasteiger partial charge in [-0.1, -0.05) is 0 Å². The van der Waals surface area contributed by atoms with Crippen LogP contribution >= 0.6 is 12.2 Å². The van der Waals surface area contributed by atoms with E-state index in [1.165, 1.54) is 34.8 Å². The zero-order valence-corrected chi connectivity index (χ0v) is 11.0. The van der Waals surface area contributed by atoms with Crippen LogP contribution in [0.4, 0.5) is 0 Å². The maximum absolute atomic E-state index is 5.31. The Labute approximate surface area is 88.7 Å². The van der Waals surface area contributed by atoms with Crippen molar-refractivity contribution in [3.8, 4) is 0 Å². The molecule has 0 aliphatic rings. The standard InChI is InChI=1S/C10H20SSe/c1-4-5-6-7-10(11)12-8-9(2)3/h9H,4-8H2,1-3H3. The third kappa shape index (κ3) is 8.70. The average Bonchev–Trinajstić information content (AvgIpc) is 2.01. The van der Waals surface area contributed by atoms with Crippen molar-refractivity contribution < 1.29 is 0 Å². The zero-order valence-electron chi connectivity index (χ0n) is 8.43. The molecule has 0 amide bonds. The topological polar surface area (TPSA) is 0 Å². The van der Waals surface area contributed by atoms with Gasteiger partial charge in [0.1, 0.15) is 0 Å². The first kappa shape index (κ1) is 12.6. The summed E-state index contributed by atoms with van der Waals surface area (Å²) in [5.74, 6) is 0.828. The first-order valence-corrected chi connectivity index (χ1v) is 7.30. The van der Waals surface area contributed by atoms with E-state index in [1.54, 1.807) is 0 Å². The molecule has 0 aromatic rings. The summed E-state index contributed by atoms with van der Waals surface area (Å²) in [6.07, 6.45) is 5.17. The van der Waals surface area contributed by atoms with E-state index in [0.717, 1.165) is 5.92 Å². The molecule has 0 spiro atoms. The van der Waals surface area contributed by atoms with Gasteiger partial charge in [0.05, 0.1) is 0 Å². The van der Waals surface area contributed by atoms with E-state index in [2.05, 4.69) is 20.8 Å². The second-order valence-electron chi connectivity index (χ2n) is 3.53. The van der Waals surface area contributed by atoms with Crippen molar-refractivity contribution in [3.05, 3.63) is 0 Å². The van der Waals surface area contributed by atoms with Crippen LogP contribution < -0.4 is 0 Å². The van der Waals surface area contributed by atoms with Crippen LogP contribution in [0.5, 0.6) is 0 Å². The molecule has 0 atom stereocenters. The summed E-state index contributed by atoms with van der Waals surface area (Å²) in [7, 11) is 0. The number of rotatable bonds is 7. The summed E-state index contributed by atoms with van der Waals surface area (Å²) in [6, 6.07) is 0. The molecule has 0 aromatic carbocycles. The van der Waals surface area contributed by atoms with Crippen LogP contribution in [0.3, 0.4) is 0 Å². The molecule has 0 heterocycles. The van der Waals surface area contributed by atoms with Crippen LogP contribution in [-0.4, -0.2) is 18.7 Å². The van der Waals surface area contributed by atoms with E-state index in [9.17, 15) is 0 Å². The predicted molar refractivity (Wildman–Crippen MR) is 62.1 cm³/mol. The van der Waals surface area contributed by atoms with Crippen molar-refractivity contribution in [2.75, 3.05) is 0 Å². The fourth-order valence-electron chi connectivity index (χ4n) is 0.851. The molecule has 0 saturated carbocycles. The maximum atomic E-state index is 5.31. The Morgan fingerprint density at radius 1 is 1.33 bits per heavy atom. The first-order chi connectivity index (χ1) is 5.66. The van der Waals surface area contributed by atoms with Gasteiger partial charge in [0.25, 0.3) is 0 Å². The minimum absolute atomic E-state index is 0.636. The molecule has 2 heteroatoms. The van der Waals surface area contributed by atoms with E-state index < -0.39 is 0 Å². The monoisotopic (exact) mass is 252 g/mol. The van der Waals surface area contributed by atoms with Crippen molar-refractivity contribution in [3.63, 3.8) is 0 Å². The molecule has 0 aliphatic heterocycles. The van der Waals surface area contributed by atoms with E-state index >= 15 is 0 Å². The summed E-state index contributed by atoms with van der Waals surface area (Å²) in [4.78, 5) is 0. The van der Waals surface area contributed by atoms with Crippen molar-refractivity contribution in [2.24, 2.45) is 5.92 Å². The molecular weight excluding hydrogens is 231 g/mol. The molecule has 12 heavy (non-hydrogen) atoms. The van der Waals surface area contributed by atoms with Gasteiger partial charge in [0.2, 0.25) is 0 Å². The summed E-state index contributed by atoms with van der Waals surface area (Å²) in [6.45, 7) is 6.79. The third-order valence-corrected chi connectivity index (χ3v) is 5.23. The summed E-state index contributed by atoms with van der Waals surface area (Å²) >= 11 is 5.95. The first-order valence-electron chi connectivity index (χ1n) is 4.82. The molecular formula is C10H20SSe. The molecule has 0 N–H and O–H groups in total. The van der Waals surface area contributed by atoms with Crippen molar-refractivity contribution in [1.29, 1.82) is 0 Å². The van der Waals surface area contributed by atoms with Crippen LogP contribution in [0.2, 0.25) is 5.32 Å². The van der Waals surface area contributed by atoms with Crippen molar-refractivity contribution >= 4 is 30.9 Å². The number of thiocarbonyl (C=S) groups is 1. The second kappa shape index (κ2) is 8.22. The Morgan fingerprint density at radius 3 is 2.50 bits per heavy atom. The minimum atomic E-state index is 0.636. The summed E-state index contributed by atoms with van der Waals surface area (Å²) in [5.41, 5.74) is 0. The van der Waals surface area contributed by atoms with Gasteiger partial charge in [0.15, 0.2) is 0 Å². The fraction of sp³-hybridized carbons (Fsp3) is 0.900. The Bertz CT molecular complexity index is 121. The van der Waals surface area contributed by atoms with Crippen LogP contribution in [0.25, 0.3) is 0 Å². The summed E-state index contributed by atoms with van der Waals surface area (Å²) in [5, 5.41) is 1.33. The van der Waals surface area contributed by atoms with Crippen LogP contribution in [0, 0.1) is 5.92 Å². The van der Waals surface area contributed by atoms with Gasteiger partial charge < -0.3 is 0 Å². The van der Waals surface area contributed by atoms with Crippen molar-refractivity contribution in [1.82, 2.24) is 0 Å². The molecule has 0 nitrogen and oxygen atoms in total. The fourth-order valence-corrected chi connectivity index (χ4v) is 3.04. The number of hydrogen-bond acceptors (Lipinski definition) is 1.